The van der Waals surface area contributed by atoms with Crippen molar-refractivity contribution in [3.8, 4) is 5.75 Å². The molecule has 1 atom stereocenters. The van der Waals surface area contributed by atoms with Crippen LogP contribution in [0.2, 0.25) is 0 Å². The predicted octanol–water partition coefficient (Wildman–Crippen LogP) is 2.59. The number of rotatable bonds is 8. The average molecular weight is 411 g/mol. The molecule has 0 spiro atoms. The second-order valence-electron chi connectivity index (χ2n) is 7.19. The van der Waals surface area contributed by atoms with Crippen LogP contribution in [0.15, 0.2) is 48.8 Å². The molecule has 2 heterocycles. The summed E-state index contributed by atoms with van der Waals surface area (Å²) in [5.41, 5.74) is -0.454. The number of ether oxygens (including phenoxy) is 1. The van der Waals surface area contributed by atoms with Crippen molar-refractivity contribution in [2.45, 2.75) is 32.4 Å². The number of carboxylic acid groups (broad SMARTS) is 1. The van der Waals surface area contributed by atoms with Crippen LogP contribution >= 0.6 is 0 Å². The molecule has 1 fully saturated rings. The number of amides is 1. The zero-order chi connectivity index (χ0) is 21.7. The summed E-state index contributed by atoms with van der Waals surface area (Å²) in [6.07, 6.45) is 3.95. The molecule has 158 valence electrons. The summed E-state index contributed by atoms with van der Waals surface area (Å²) in [7, 11) is 0. The van der Waals surface area contributed by atoms with Gasteiger partial charge in [-0.25, -0.2) is 4.79 Å². The van der Waals surface area contributed by atoms with E-state index in [0.717, 1.165) is 5.69 Å². The van der Waals surface area contributed by atoms with Crippen molar-refractivity contribution < 1.29 is 24.2 Å². The number of Topliss-reactive ketones (excluding diaryl/α,β-unsaturated/α-hetero) is 1. The molecule has 0 bridgehead atoms. The molecule has 2 aromatic rings. The number of hydrogen-bond donors (Lipinski definition) is 1. The molecule has 1 aliphatic heterocycles. The number of carboxylic acids is 1. The van der Waals surface area contributed by atoms with Crippen LogP contribution in [0.1, 0.15) is 37.0 Å². The third kappa shape index (κ3) is 4.27. The number of hydrogen-bond acceptors (Lipinski definition) is 6. The van der Waals surface area contributed by atoms with Crippen LogP contribution in [-0.4, -0.2) is 58.0 Å². The maximum Gasteiger partial charge on any atom is 0.370 e. The van der Waals surface area contributed by atoms with Gasteiger partial charge in [-0.3, -0.25) is 19.5 Å². The van der Waals surface area contributed by atoms with Crippen molar-refractivity contribution in [1.82, 2.24) is 9.88 Å². The van der Waals surface area contributed by atoms with E-state index < -0.39 is 11.7 Å². The van der Waals surface area contributed by atoms with Crippen molar-refractivity contribution in [2.24, 2.45) is 0 Å². The number of carbonyl (C=O) groups is 3. The van der Waals surface area contributed by atoms with E-state index in [1.165, 1.54) is 11.8 Å². The largest absolute Gasteiger partial charge is 0.477 e. The summed E-state index contributed by atoms with van der Waals surface area (Å²) >= 11 is 0. The predicted molar refractivity (Wildman–Crippen MR) is 111 cm³/mol. The Balaban J connectivity index is 1.87. The van der Waals surface area contributed by atoms with Crippen molar-refractivity contribution in [2.75, 3.05) is 24.5 Å². The fourth-order valence-corrected chi connectivity index (χ4v) is 3.63. The molecule has 0 saturated carbocycles. The summed E-state index contributed by atoms with van der Waals surface area (Å²) in [6, 6.07) is 9.90. The van der Waals surface area contributed by atoms with Crippen molar-refractivity contribution in [3.05, 3.63) is 54.4 Å². The third-order valence-electron chi connectivity index (χ3n) is 5.16. The first-order chi connectivity index (χ1) is 14.4. The summed E-state index contributed by atoms with van der Waals surface area (Å²) in [6.45, 7) is 4.03. The SMILES string of the molecule is CCCC(Oc1ccc(C(C)=O)cc1)(C(=O)O)N1CCN(c2ccncc2)CC1=O. The first-order valence-corrected chi connectivity index (χ1v) is 9.86. The summed E-state index contributed by atoms with van der Waals surface area (Å²) < 4.78 is 5.96. The minimum atomic E-state index is -1.81. The van der Waals surface area contributed by atoms with Gasteiger partial charge < -0.3 is 14.7 Å². The smallest absolute Gasteiger partial charge is 0.370 e. The monoisotopic (exact) mass is 411 g/mol. The molecule has 1 saturated heterocycles. The standard InChI is InChI=1S/C22H25N3O5/c1-3-10-22(21(28)29,30-19-6-4-17(5-7-19)16(2)26)25-14-13-24(15-20(25)27)18-8-11-23-12-9-18/h4-9,11-12H,3,10,13-15H2,1-2H3,(H,28,29). The number of anilines is 1. The molecule has 3 rings (SSSR count). The number of piperazine rings is 1. The Morgan fingerprint density at radius 2 is 1.80 bits per heavy atom. The molecule has 1 aromatic carbocycles. The Morgan fingerprint density at radius 3 is 2.33 bits per heavy atom. The molecule has 1 aliphatic rings. The number of nitrogens with zero attached hydrogens (tertiary/aromatic N) is 3. The highest BCUT2D eigenvalue weighted by Gasteiger charge is 2.50. The Hall–Kier alpha value is -3.42. The van der Waals surface area contributed by atoms with Gasteiger partial charge in [0.1, 0.15) is 5.75 Å². The van der Waals surface area contributed by atoms with Crippen LogP contribution in [-0.2, 0) is 9.59 Å². The molecular weight excluding hydrogens is 386 g/mol. The van der Waals surface area contributed by atoms with Gasteiger partial charge in [-0.2, -0.15) is 0 Å². The van der Waals surface area contributed by atoms with Gasteiger partial charge in [0.2, 0.25) is 5.91 Å². The molecule has 1 N–H and O–H groups in total. The first kappa shape index (κ1) is 21.3. The molecular formula is C22H25N3O5. The Morgan fingerprint density at radius 1 is 1.13 bits per heavy atom. The fourth-order valence-electron chi connectivity index (χ4n) is 3.63. The first-order valence-electron chi connectivity index (χ1n) is 9.86. The van der Waals surface area contributed by atoms with Crippen LogP contribution in [0.3, 0.4) is 0 Å². The van der Waals surface area contributed by atoms with E-state index >= 15 is 0 Å². The Labute approximate surface area is 175 Å². The van der Waals surface area contributed by atoms with E-state index in [1.54, 1.807) is 36.7 Å². The van der Waals surface area contributed by atoms with Gasteiger partial charge in [0.15, 0.2) is 5.78 Å². The minimum absolute atomic E-state index is 0.0510. The number of pyridine rings is 1. The number of benzene rings is 1. The van der Waals surface area contributed by atoms with Gasteiger partial charge in [-0.05, 0) is 49.7 Å². The average Bonchev–Trinajstić information content (AvgIpc) is 2.74. The molecule has 30 heavy (non-hydrogen) atoms. The Bertz CT molecular complexity index is 916. The molecule has 1 amide bonds. The van der Waals surface area contributed by atoms with Crippen LogP contribution in [0.4, 0.5) is 5.69 Å². The summed E-state index contributed by atoms with van der Waals surface area (Å²) in [5, 5.41) is 10.1. The molecule has 1 unspecified atom stereocenters. The van der Waals surface area contributed by atoms with E-state index in [1.807, 2.05) is 24.0 Å². The Kier molecular flexibility index (Phi) is 6.34. The number of aliphatic carboxylic acids is 1. The number of carbonyl (C=O) groups excluding carboxylic acids is 2. The van der Waals surface area contributed by atoms with E-state index in [-0.39, 0.29) is 31.2 Å². The number of ketones is 1. The van der Waals surface area contributed by atoms with Crippen LogP contribution in [0, 0.1) is 0 Å². The maximum absolute atomic E-state index is 13.0. The van der Waals surface area contributed by atoms with Gasteiger partial charge in [0, 0.05) is 43.2 Å². The van der Waals surface area contributed by atoms with Gasteiger partial charge >= 0.3 is 5.97 Å². The highest BCUT2D eigenvalue weighted by atomic mass is 16.5. The van der Waals surface area contributed by atoms with Gasteiger partial charge in [0.05, 0.1) is 6.54 Å². The fraction of sp³-hybridized carbons (Fsp3) is 0.364. The normalized spacial score (nSPS) is 16.1. The highest BCUT2D eigenvalue weighted by Crippen LogP contribution is 2.30. The van der Waals surface area contributed by atoms with E-state index in [0.29, 0.717) is 24.3 Å². The minimum Gasteiger partial charge on any atom is -0.477 e. The second-order valence-corrected chi connectivity index (χ2v) is 7.19. The molecule has 8 nitrogen and oxygen atoms in total. The van der Waals surface area contributed by atoms with Gasteiger partial charge in [-0.15, -0.1) is 0 Å². The molecule has 8 heteroatoms. The highest BCUT2D eigenvalue weighted by molar-refractivity contribution is 5.94. The maximum atomic E-state index is 13.0. The van der Waals surface area contributed by atoms with E-state index in [2.05, 4.69) is 4.98 Å². The summed E-state index contributed by atoms with van der Waals surface area (Å²) in [4.78, 5) is 44.1. The zero-order valence-corrected chi connectivity index (χ0v) is 17.1. The lowest BCUT2D eigenvalue weighted by Gasteiger charge is -2.45. The van der Waals surface area contributed by atoms with Crippen LogP contribution in [0.25, 0.3) is 0 Å². The molecule has 0 aliphatic carbocycles. The van der Waals surface area contributed by atoms with Crippen LogP contribution in [0.5, 0.6) is 5.75 Å². The quantitative estimate of drug-likeness (QED) is 0.667. The van der Waals surface area contributed by atoms with E-state index in [4.69, 9.17) is 4.74 Å². The van der Waals surface area contributed by atoms with E-state index in [9.17, 15) is 19.5 Å². The molecule has 0 radical (unpaired) electrons. The van der Waals surface area contributed by atoms with Gasteiger partial charge in [0.25, 0.3) is 5.72 Å². The summed E-state index contributed by atoms with van der Waals surface area (Å²) in [5.74, 6) is -1.35. The third-order valence-corrected chi connectivity index (χ3v) is 5.16. The topological polar surface area (TPSA) is 100 Å². The van der Waals surface area contributed by atoms with Crippen molar-refractivity contribution in [3.63, 3.8) is 0 Å². The lowest BCUT2D eigenvalue weighted by Crippen LogP contribution is -2.66. The molecule has 1 aromatic heterocycles. The van der Waals surface area contributed by atoms with Gasteiger partial charge in [-0.1, -0.05) is 6.92 Å². The van der Waals surface area contributed by atoms with Crippen molar-refractivity contribution in [1.29, 1.82) is 0 Å². The lowest BCUT2D eigenvalue weighted by molar-refractivity contribution is -0.185. The lowest BCUT2D eigenvalue weighted by atomic mass is 10.0. The van der Waals surface area contributed by atoms with Crippen LogP contribution < -0.4 is 9.64 Å². The van der Waals surface area contributed by atoms with Crippen molar-refractivity contribution >= 4 is 23.3 Å². The zero-order valence-electron chi connectivity index (χ0n) is 17.1. The second kappa shape index (κ2) is 8.94. The number of aromatic nitrogens is 1.